The first-order valence-electron chi connectivity index (χ1n) is 5.51. The van der Waals surface area contributed by atoms with Crippen molar-refractivity contribution in [1.29, 1.82) is 0 Å². The lowest BCUT2D eigenvalue weighted by molar-refractivity contribution is 0.0862. The third-order valence-corrected chi connectivity index (χ3v) is 3.55. The normalized spacial score (nSPS) is 16.8. The monoisotopic (exact) mass is 246 g/mol. The van der Waals surface area contributed by atoms with Gasteiger partial charge in [-0.2, -0.15) is 0 Å². The number of carbonyl (C=O) groups is 1. The second-order valence-corrected chi connectivity index (χ2v) is 4.80. The van der Waals surface area contributed by atoms with Crippen molar-refractivity contribution in [2.45, 2.75) is 18.3 Å². The standard InChI is InChI=1S/C13H11ClN2O/c14-11-3-1-10(2-4-11)13(5-6-13)12(17)16-8-7-15-9-16/h1-4,7-9H,5-6H2. The van der Waals surface area contributed by atoms with Gasteiger partial charge in [-0.05, 0) is 30.5 Å². The van der Waals surface area contributed by atoms with Crippen LogP contribution in [0.5, 0.6) is 0 Å². The van der Waals surface area contributed by atoms with Crippen LogP contribution in [0.3, 0.4) is 0 Å². The molecule has 2 aromatic rings. The van der Waals surface area contributed by atoms with Crippen molar-refractivity contribution in [3.8, 4) is 0 Å². The molecule has 1 aliphatic carbocycles. The highest BCUT2D eigenvalue weighted by molar-refractivity contribution is 6.30. The summed E-state index contributed by atoms with van der Waals surface area (Å²) in [7, 11) is 0. The van der Waals surface area contributed by atoms with Gasteiger partial charge in [0.15, 0.2) is 0 Å². The zero-order chi connectivity index (χ0) is 11.9. The molecule has 0 radical (unpaired) electrons. The minimum atomic E-state index is -0.356. The molecule has 17 heavy (non-hydrogen) atoms. The van der Waals surface area contributed by atoms with E-state index in [2.05, 4.69) is 4.98 Å². The Morgan fingerprint density at radius 2 is 2.00 bits per heavy atom. The molecule has 1 heterocycles. The zero-order valence-electron chi connectivity index (χ0n) is 9.14. The van der Waals surface area contributed by atoms with Gasteiger partial charge in [-0.15, -0.1) is 0 Å². The molecule has 4 heteroatoms. The fourth-order valence-corrected chi connectivity index (χ4v) is 2.27. The van der Waals surface area contributed by atoms with E-state index in [0.717, 1.165) is 18.4 Å². The Labute approximate surface area is 104 Å². The lowest BCUT2D eigenvalue weighted by atomic mass is 9.95. The van der Waals surface area contributed by atoms with Gasteiger partial charge in [0, 0.05) is 17.4 Å². The summed E-state index contributed by atoms with van der Waals surface area (Å²) in [5.74, 6) is 0.0947. The van der Waals surface area contributed by atoms with Crippen molar-refractivity contribution < 1.29 is 4.79 Å². The largest absolute Gasteiger partial charge is 0.276 e. The van der Waals surface area contributed by atoms with E-state index in [1.54, 1.807) is 23.3 Å². The van der Waals surface area contributed by atoms with E-state index in [9.17, 15) is 4.79 Å². The average Bonchev–Trinajstić information content (AvgIpc) is 2.97. The lowest BCUT2D eigenvalue weighted by Gasteiger charge is -2.14. The van der Waals surface area contributed by atoms with Gasteiger partial charge in [-0.1, -0.05) is 23.7 Å². The molecule has 1 fully saturated rings. The molecular formula is C13H11ClN2O. The van der Waals surface area contributed by atoms with Gasteiger partial charge in [0.05, 0.1) is 5.41 Å². The third kappa shape index (κ3) is 1.67. The Kier molecular flexibility index (Phi) is 2.30. The van der Waals surface area contributed by atoms with E-state index in [0.29, 0.717) is 5.02 Å². The van der Waals surface area contributed by atoms with Crippen LogP contribution in [0.25, 0.3) is 0 Å². The molecule has 1 aromatic heterocycles. The predicted octanol–water partition coefficient (Wildman–Crippen LogP) is 2.91. The molecule has 86 valence electrons. The summed E-state index contributed by atoms with van der Waals surface area (Å²) < 4.78 is 1.56. The number of hydrogen-bond acceptors (Lipinski definition) is 2. The van der Waals surface area contributed by atoms with E-state index in [4.69, 9.17) is 11.6 Å². The van der Waals surface area contributed by atoms with E-state index in [-0.39, 0.29) is 11.3 Å². The van der Waals surface area contributed by atoms with Gasteiger partial charge in [-0.3, -0.25) is 9.36 Å². The highest BCUT2D eigenvalue weighted by Gasteiger charge is 2.51. The number of hydrogen-bond donors (Lipinski definition) is 0. The summed E-state index contributed by atoms with van der Waals surface area (Å²) in [6.45, 7) is 0. The van der Waals surface area contributed by atoms with Crippen molar-refractivity contribution in [2.24, 2.45) is 0 Å². The Balaban J connectivity index is 1.97. The Morgan fingerprint density at radius 1 is 1.29 bits per heavy atom. The first kappa shape index (κ1) is 10.5. The van der Waals surface area contributed by atoms with Crippen molar-refractivity contribution in [3.63, 3.8) is 0 Å². The molecule has 0 saturated heterocycles. The van der Waals surface area contributed by atoms with Crippen molar-refractivity contribution in [2.75, 3.05) is 0 Å². The smallest absolute Gasteiger partial charge is 0.242 e. The van der Waals surface area contributed by atoms with Crippen LogP contribution >= 0.6 is 11.6 Å². The van der Waals surface area contributed by atoms with Crippen LogP contribution in [0, 0.1) is 0 Å². The summed E-state index contributed by atoms with van der Waals surface area (Å²) in [5.41, 5.74) is 0.686. The number of rotatable bonds is 2. The average molecular weight is 247 g/mol. The molecule has 3 nitrogen and oxygen atoms in total. The van der Waals surface area contributed by atoms with Crippen LogP contribution in [0.15, 0.2) is 43.0 Å². The van der Waals surface area contributed by atoms with Crippen LogP contribution < -0.4 is 0 Å². The van der Waals surface area contributed by atoms with Gasteiger partial charge in [0.25, 0.3) is 0 Å². The molecule has 0 amide bonds. The van der Waals surface area contributed by atoms with Gasteiger partial charge in [-0.25, -0.2) is 4.98 Å². The Hall–Kier alpha value is -1.61. The maximum Gasteiger partial charge on any atom is 0.242 e. The Morgan fingerprint density at radius 3 is 2.53 bits per heavy atom. The summed E-state index contributed by atoms with van der Waals surface area (Å²) in [6.07, 6.45) is 6.66. The molecule has 0 atom stereocenters. The van der Waals surface area contributed by atoms with Gasteiger partial charge < -0.3 is 0 Å². The molecule has 1 saturated carbocycles. The molecule has 1 aliphatic rings. The highest BCUT2D eigenvalue weighted by atomic mass is 35.5. The first-order valence-corrected chi connectivity index (χ1v) is 5.89. The fraction of sp³-hybridized carbons (Fsp3) is 0.231. The van der Waals surface area contributed by atoms with Crippen molar-refractivity contribution in [1.82, 2.24) is 9.55 Å². The number of imidazole rings is 1. The fourth-order valence-electron chi connectivity index (χ4n) is 2.15. The quantitative estimate of drug-likeness (QED) is 0.817. The molecule has 0 aliphatic heterocycles. The molecular weight excluding hydrogens is 236 g/mol. The topological polar surface area (TPSA) is 34.9 Å². The third-order valence-electron chi connectivity index (χ3n) is 3.30. The number of carbonyl (C=O) groups excluding carboxylic acids is 1. The number of benzene rings is 1. The zero-order valence-corrected chi connectivity index (χ0v) is 9.89. The molecule has 0 bridgehead atoms. The van der Waals surface area contributed by atoms with Gasteiger partial charge in [0.2, 0.25) is 5.91 Å². The summed E-state index contributed by atoms with van der Waals surface area (Å²) >= 11 is 5.86. The highest BCUT2D eigenvalue weighted by Crippen LogP contribution is 2.49. The Bertz CT molecular complexity index is 541. The minimum Gasteiger partial charge on any atom is -0.276 e. The number of nitrogens with zero attached hydrogens (tertiary/aromatic N) is 2. The summed E-state index contributed by atoms with van der Waals surface area (Å²) in [5, 5.41) is 0.694. The van der Waals surface area contributed by atoms with Crippen LogP contribution in [0.4, 0.5) is 0 Å². The van der Waals surface area contributed by atoms with E-state index in [1.807, 2.05) is 24.3 Å². The van der Waals surface area contributed by atoms with Gasteiger partial charge in [0.1, 0.15) is 6.33 Å². The number of halogens is 1. The van der Waals surface area contributed by atoms with E-state index >= 15 is 0 Å². The van der Waals surface area contributed by atoms with Gasteiger partial charge >= 0.3 is 0 Å². The lowest BCUT2D eigenvalue weighted by Crippen LogP contribution is -2.25. The maximum atomic E-state index is 12.4. The molecule has 0 spiro atoms. The predicted molar refractivity (Wildman–Crippen MR) is 65.2 cm³/mol. The van der Waals surface area contributed by atoms with Crippen molar-refractivity contribution in [3.05, 3.63) is 53.6 Å². The second kappa shape index (κ2) is 3.70. The van der Waals surface area contributed by atoms with Crippen LogP contribution in [0.1, 0.15) is 23.2 Å². The molecule has 1 aromatic carbocycles. The minimum absolute atomic E-state index is 0.0947. The SMILES string of the molecule is O=C(n1ccnc1)C1(c2ccc(Cl)cc2)CC1. The molecule has 0 N–H and O–H groups in total. The maximum absolute atomic E-state index is 12.4. The summed E-state index contributed by atoms with van der Waals surface area (Å²) in [4.78, 5) is 16.3. The second-order valence-electron chi connectivity index (χ2n) is 4.36. The first-order chi connectivity index (χ1) is 8.22. The van der Waals surface area contributed by atoms with Crippen molar-refractivity contribution >= 4 is 17.5 Å². The number of aromatic nitrogens is 2. The van der Waals surface area contributed by atoms with Crippen LogP contribution in [0.2, 0.25) is 5.02 Å². The van der Waals surface area contributed by atoms with E-state index in [1.165, 1.54) is 0 Å². The molecule has 0 unspecified atom stereocenters. The van der Waals surface area contributed by atoms with Crippen LogP contribution in [-0.4, -0.2) is 15.5 Å². The molecule has 3 rings (SSSR count). The van der Waals surface area contributed by atoms with Crippen LogP contribution in [-0.2, 0) is 5.41 Å². The summed E-state index contributed by atoms with van der Waals surface area (Å²) in [6, 6.07) is 7.53. The van der Waals surface area contributed by atoms with E-state index < -0.39 is 0 Å².